The molecule has 0 saturated heterocycles. The Hall–Kier alpha value is -2.49. The number of aromatic hydroxyl groups is 1. The monoisotopic (exact) mass is 282 g/mol. The largest absolute Gasteiger partial charge is 0.508 e. The summed E-state index contributed by atoms with van der Waals surface area (Å²) >= 11 is 0. The van der Waals surface area contributed by atoms with Gasteiger partial charge >= 0.3 is 0 Å². The second-order valence-electron chi connectivity index (χ2n) is 5.19. The third kappa shape index (κ3) is 2.44. The van der Waals surface area contributed by atoms with Gasteiger partial charge in [0.25, 0.3) is 5.91 Å². The fourth-order valence-electron chi connectivity index (χ4n) is 2.72. The SMILES string of the molecule is CCCN1C(=O)c2ccccc2N[C@H]1c1cccc(O)c1. The highest BCUT2D eigenvalue weighted by molar-refractivity contribution is 6.01. The number of benzene rings is 2. The maximum atomic E-state index is 12.7. The molecular formula is C17H18N2O2. The predicted octanol–water partition coefficient (Wildman–Crippen LogP) is 3.37. The van der Waals surface area contributed by atoms with Crippen LogP contribution in [0.2, 0.25) is 0 Å². The summed E-state index contributed by atoms with van der Waals surface area (Å²) in [6.07, 6.45) is 0.629. The first kappa shape index (κ1) is 13.5. The summed E-state index contributed by atoms with van der Waals surface area (Å²) in [4.78, 5) is 14.5. The van der Waals surface area contributed by atoms with Gasteiger partial charge in [-0.15, -0.1) is 0 Å². The Morgan fingerprint density at radius 2 is 2.00 bits per heavy atom. The minimum absolute atomic E-state index is 0.0274. The lowest BCUT2D eigenvalue weighted by molar-refractivity contribution is 0.0683. The molecule has 0 spiro atoms. The molecule has 1 amide bonds. The first-order chi connectivity index (χ1) is 10.2. The van der Waals surface area contributed by atoms with Gasteiger partial charge in [0.2, 0.25) is 0 Å². The lowest BCUT2D eigenvalue weighted by atomic mass is 10.0. The molecule has 0 saturated carbocycles. The van der Waals surface area contributed by atoms with E-state index in [2.05, 4.69) is 5.32 Å². The number of phenolic OH excluding ortho intramolecular Hbond substituents is 1. The molecule has 4 heteroatoms. The third-order valence-electron chi connectivity index (χ3n) is 3.67. The van der Waals surface area contributed by atoms with Gasteiger partial charge < -0.3 is 15.3 Å². The van der Waals surface area contributed by atoms with Crippen LogP contribution in [0.3, 0.4) is 0 Å². The number of rotatable bonds is 3. The molecule has 108 valence electrons. The molecule has 1 aliphatic heterocycles. The average molecular weight is 282 g/mol. The van der Waals surface area contributed by atoms with Crippen molar-refractivity contribution in [1.29, 1.82) is 0 Å². The maximum Gasteiger partial charge on any atom is 0.257 e. The lowest BCUT2D eigenvalue weighted by Gasteiger charge is -2.38. The van der Waals surface area contributed by atoms with Gasteiger partial charge in [0, 0.05) is 12.2 Å². The number of hydrogen-bond acceptors (Lipinski definition) is 3. The van der Waals surface area contributed by atoms with Crippen LogP contribution >= 0.6 is 0 Å². The molecule has 1 aliphatic rings. The quantitative estimate of drug-likeness (QED) is 0.907. The first-order valence-electron chi connectivity index (χ1n) is 7.16. The molecule has 21 heavy (non-hydrogen) atoms. The highest BCUT2D eigenvalue weighted by Gasteiger charge is 2.32. The number of phenols is 1. The molecule has 0 bridgehead atoms. The van der Waals surface area contributed by atoms with Gasteiger partial charge in [-0.2, -0.15) is 0 Å². The molecule has 2 N–H and O–H groups in total. The van der Waals surface area contributed by atoms with Gasteiger partial charge in [-0.1, -0.05) is 31.2 Å². The van der Waals surface area contributed by atoms with Crippen LogP contribution in [0.4, 0.5) is 5.69 Å². The second kappa shape index (κ2) is 5.48. The molecule has 2 aromatic rings. The molecule has 0 aliphatic carbocycles. The number of carbonyl (C=O) groups excluding carboxylic acids is 1. The number of nitrogens with zero attached hydrogens (tertiary/aromatic N) is 1. The van der Waals surface area contributed by atoms with E-state index in [1.165, 1.54) is 0 Å². The van der Waals surface area contributed by atoms with E-state index < -0.39 is 0 Å². The number of para-hydroxylation sites is 1. The zero-order valence-corrected chi connectivity index (χ0v) is 11.9. The second-order valence-corrected chi connectivity index (χ2v) is 5.19. The van der Waals surface area contributed by atoms with Crippen LogP contribution in [0.5, 0.6) is 5.75 Å². The summed E-state index contributed by atoms with van der Waals surface area (Å²) in [5, 5.41) is 13.1. The van der Waals surface area contributed by atoms with Gasteiger partial charge in [0.15, 0.2) is 0 Å². The van der Waals surface area contributed by atoms with Crippen LogP contribution in [0.25, 0.3) is 0 Å². The molecule has 1 heterocycles. The number of hydrogen-bond donors (Lipinski definition) is 2. The van der Waals surface area contributed by atoms with E-state index in [-0.39, 0.29) is 17.8 Å². The van der Waals surface area contributed by atoms with Crippen LogP contribution in [-0.4, -0.2) is 22.5 Å². The normalized spacial score (nSPS) is 17.3. The summed E-state index contributed by atoms with van der Waals surface area (Å²) in [5.41, 5.74) is 2.41. The van der Waals surface area contributed by atoms with Crippen molar-refractivity contribution in [2.24, 2.45) is 0 Å². The van der Waals surface area contributed by atoms with Crippen molar-refractivity contribution in [3.05, 3.63) is 59.7 Å². The van der Waals surface area contributed by atoms with Gasteiger partial charge in [-0.3, -0.25) is 4.79 Å². The van der Waals surface area contributed by atoms with Crippen molar-refractivity contribution in [2.75, 3.05) is 11.9 Å². The zero-order chi connectivity index (χ0) is 14.8. The van der Waals surface area contributed by atoms with Crippen LogP contribution in [-0.2, 0) is 0 Å². The van der Waals surface area contributed by atoms with E-state index in [1.54, 1.807) is 18.2 Å². The molecule has 2 aromatic carbocycles. The first-order valence-corrected chi connectivity index (χ1v) is 7.16. The van der Waals surface area contributed by atoms with Crippen LogP contribution < -0.4 is 5.32 Å². The van der Waals surface area contributed by atoms with Crippen LogP contribution in [0, 0.1) is 0 Å². The van der Waals surface area contributed by atoms with Crippen LogP contribution in [0.1, 0.15) is 35.4 Å². The highest BCUT2D eigenvalue weighted by atomic mass is 16.3. The Kier molecular flexibility index (Phi) is 3.52. The van der Waals surface area contributed by atoms with Gasteiger partial charge in [-0.25, -0.2) is 0 Å². The lowest BCUT2D eigenvalue weighted by Crippen LogP contribution is -2.43. The van der Waals surface area contributed by atoms with E-state index >= 15 is 0 Å². The van der Waals surface area contributed by atoms with Gasteiger partial charge in [0.1, 0.15) is 11.9 Å². The molecule has 0 aromatic heterocycles. The summed E-state index contributed by atoms with van der Waals surface area (Å²) < 4.78 is 0. The van der Waals surface area contributed by atoms with Crippen molar-refractivity contribution in [3.63, 3.8) is 0 Å². The van der Waals surface area contributed by atoms with Crippen molar-refractivity contribution in [3.8, 4) is 5.75 Å². The molecular weight excluding hydrogens is 264 g/mol. The van der Waals surface area contributed by atoms with E-state index in [9.17, 15) is 9.90 Å². The Morgan fingerprint density at radius 3 is 2.76 bits per heavy atom. The van der Waals surface area contributed by atoms with Crippen molar-refractivity contribution < 1.29 is 9.90 Å². The summed E-state index contributed by atoms with van der Waals surface area (Å²) in [5.74, 6) is 0.233. The van der Waals surface area contributed by atoms with Crippen molar-refractivity contribution in [1.82, 2.24) is 4.90 Å². The van der Waals surface area contributed by atoms with E-state index in [0.717, 1.165) is 17.7 Å². The number of amides is 1. The minimum Gasteiger partial charge on any atom is -0.508 e. The van der Waals surface area contributed by atoms with Crippen molar-refractivity contribution in [2.45, 2.75) is 19.5 Å². The fourth-order valence-corrected chi connectivity index (χ4v) is 2.72. The number of nitrogens with one attached hydrogen (secondary N) is 1. The zero-order valence-electron chi connectivity index (χ0n) is 11.9. The Bertz CT molecular complexity index is 669. The maximum absolute atomic E-state index is 12.7. The number of carbonyl (C=O) groups is 1. The fraction of sp³-hybridized carbons (Fsp3) is 0.235. The Labute approximate surface area is 124 Å². The third-order valence-corrected chi connectivity index (χ3v) is 3.67. The van der Waals surface area contributed by atoms with Gasteiger partial charge in [-0.05, 0) is 36.2 Å². The predicted molar refractivity (Wildman–Crippen MR) is 82.2 cm³/mol. The molecule has 0 unspecified atom stereocenters. The Balaban J connectivity index is 2.04. The minimum atomic E-state index is -0.251. The highest BCUT2D eigenvalue weighted by Crippen LogP contribution is 2.33. The van der Waals surface area contributed by atoms with E-state index in [1.807, 2.05) is 42.2 Å². The smallest absolute Gasteiger partial charge is 0.257 e. The summed E-state index contributed by atoms with van der Waals surface area (Å²) in [6.45, 7) is 2.72. The van der Waals surface area contributed by atoms with Crippen molar-refractivity contribution >= 4 is 11.6 Å². The average Bonchev–Trinajstić information content (AvgIpc) is 2.50. The van der Waals surface area contributed by atoms with Crippen LogP contribution in [0.15, 0.2) is 48.5 Å². The topological polar surface area (TPSA) is 52.6 Å². The summed E-state index contributed by atoms with van der Waals surface area (Å²) in [6, 6.07) is 14.6. The number of anilines is 1. The summed E-state index contributed by atoms with van der Waals surface area (Å²) in [7, 11) is 0. The van der Waals surface area contributed by atoms with E-state index in [4.69, 9.17) is 0 Å². The standard InChI is InChI=1S/C17H18N2O2/c1-2-10-19-16(12-6-5-7-13(20)11-12)18-15-9-4-3-8-14(15)17(19)21/h3-9,11,16,18,20H,2,10H2,1H3/t16-/m1/s1. The molecule has 0 fully saturated rings. The molecule has 4 nitrogen and oxygen atoms in total. The molecule has 0 radical (unpaired) electrons. The number of fused-ring (bicyclic) bond motifs is 1. The molecule has 3 rings (SSSR count). The Morgan fingerprint density at radius 1 is 1.19 bits per heavy atom. The van der Waals surface area contributed by atoms with Gasteiger partial charge in [0.05, 0.1) is 5.56 Å². The molecule has 1 atom stereocenters. The van der Waals surface area contributed by atoms with E-state index in [0.29, 0.717) is 12.1 Å².